The average Bonchev–Trinajstić information content (AvgIpc) is 3.04. The molecule has 2 aliphatic rings. The van der Waals surface area contributed by atoms with Crippen molar-refractivity contribution in [1.29, 1.82) is 0 Å². The Morgan fingerprint density at radius 1 is 1.14 bits per heavy atom. The number of nitrogens with zero attached hydrogens (tertiary/aromatic N) is 1. The van der Waals surface area contributed by atoms with E-state index in [1.165, 1.54) is 29.2 Å². The highest BCUT2D eigenvalue weighted by atomic mass is 19.1. The standard InChI is InChI=1S/C21H18FN3O4/c22-14-6-4-12(5-7-14)19(27)23-10-13-2-1-3-15-16(13)11-25(21(15)29)17-8-9-18(26)24-20(17)28/h1-7,17H,8-11H2,(H,23,27)(H,24,26,28). The highest BCUT2D eigenvalue weighted by Crippen LogP contribution is 2.29. The Hall–Kier alpha value is -3.55. The molecule has 1 fully saturated rings. The van der Waals surface area contributed by atoms with Gasteiger partial charge >= 0.3 is 0 Å². The molecular weight excluding hydrogens is 377 g/mol. The quantitative estimate of drug-likeness (QED) is 0.768. The summed E-state index contributed by atoms with van der Waals surface area (Å²) in [6.07, 6.45) is 0.484. The molecule has 0 aromatic heterocycles. The van der Waals surface area contributed by atoms with Crippen molar-refractivity contribution in [3.8, 4) is 0 Å². The van der Waals surface area contributed by atoms with E-state index in [9.17, 15) is 23.6 Å². The van der Waals surface area contributed by atoms with Crippen LogP contribution >= 0.6 is 0 Å². The van der Waals surface area contributed by atoms with Gasteiger partial charge in [0.1, 0.15) is 11.9 Å². The minimum Gasteiger partial charge on any atom is -0.348 e. The van der Waals surface area contributed by atoms with Crippen LogP contribution in [0, 0.1) is 5.82 Å². The van der Waals surface area contributed by atoms with E-state index in [0.29, 0.717) is 17.5 Å². The maximum Gasteiger partial charge on any atom is 0.255 e. The van der Waals surface area contributed by atoms with Gasteiger partial charge < -0.3 is 10.2 Å². The number of amides is 4. The van der Waals surface area contributed by atoms with E-state index in [1.54, 1.807) is 12.1 Å². The van der Waals surface area contributed by atoms with Crippen molar-refractivity contribution < 1.29 is 23.6 Å². The monoisotopic (exact) mass is 395 g/mol. The van der Waals surface area contributed by atoms with Gasteiger partial charge in [0.15, 0.2) is 0 Å². The average molecular weight is 395 g/mol. The lowest BCUT2D eigenvalue weighted by atomic mass is 10.0. The molecule has 148 valence electrons. The van der Waals surface area contributed by atoms with Gasteiger partial charge in [-0.05, 0) is 47.9 Å². The number of carbonyl (C=O) groups excluding carboxylic acids is 4. The van der Waals surface area contributed by atoms with Gasteiger partial charge in [0.2, 0.25) is 11.8 Å². The van der Waals surface area contributed by atoms with Gasteiger partial charge in [-0.15, -0.1) is 0 Å². The number of hydrogen-bond donors (Lipinski definition) is 2. The number of carbonyl (C=O) groups is 4. The first-order valence-electron chi connectivity index (χ1n) is 9.23. The molecule has 0 saturated carbocycles. The highest BCUT2D eigenvalue weighted by Gasteiger charge is 2.39. The molecule has 8 heteroatoms. The Balaban J connectivity index is 1.49. The molecular formula is C21H18FN3O4. The zero-order chi connectivity index (χ0) is 20.5. The van der Waals surface area contributed by atoms with Crippen LogP contribution in [0.1, 0.15) is 44.7 Å². The number of hydrogen-bond acceptors (Lipinski definition) is 4. The van der Waals surface area contributed by atoms with Gasteiger partial charge in [0.25, 0.3) is 11.8 Å². The Bertz CT molecular complexity index is 1020. The molecule has 2 aromatic rings. The molecule has 2 N–H and O–H groups in total. The summed E-state index contributed by atoms with van der Waals surface area (Å²) >= 11 is 0. The third-order valence-corrected chi connectivity index (χ3v) is 5.22. The number of nitrogens with one attached hydrogen (secondary N) is 2. The van der Waals surface area contributed by atoms with Crippen LogP contribution < -0.4 is 10.6 Å². The number of fused-ring (bicyclic) bond motifs is 1. The number of benzene rings is 2. The van der Waals surface area contributed by atoms with Crippen molar-refractivity contribution >= 4 is 23.6 Å². The Morgan fingerprint density at radius 2 is 1.90 bits per heavy atom. The fraction of sp³-hybridized carbons (Fsp3) is 0.238. The van der Waals surface area contributed by atoms with Crippen LogP contribution in [0.5, 0.6) is 0 Å². The molecule has 0 spiro atoms. The topological polar surface area (TPSA) is 95.6 Å². The maximum absolute atomic E-state index is 13.0. The molecule has 4 amide bonds. The molecule has 1 atom stereocenters. The second-order valence-corrected chi connectivity index (χ2v) is 7.03. The molecule has 1 unspecified atom stereocenters. The number of piperidine rings is 1. The summed E-state index contributed by atoms with van der Waals surface area (Å²) in [4.78, 5) is 50.1. The summed E-state index contributed by atoms with van der Waals surface area (Å²) in [6, 6.07) is 9.76. The first kappa shape index (κ1) is 18.8. The van der Waals surface area contributed by atoms with E-state index in [-0.39, 0.29) is 37.2 Å². The molecule has 4 rings (SSSR count). The molecule has 1 saturated heterocycles. The van der Waals surface area contributed by atoms with Gasteiger partial charge in [-0.2, -0.15) is 0 Å². The van der Waals surface area contributed by atoms with E-state index in [4.69, 9.17) is 0 Å². The summed E-state index contributed by atoms with van der Waals surface area (Å²) in [7, 11) is 0. The molecule has 7 nitrogen and oxygen atoms in total. The second-order valence-electron chi connectivity index (χ2n) is 7.03. The van der Waals surface area contributed by atoms with Crippen LogP contribution in [0.4, 0.5) is 4.39 Å². The summed E-state index contributed by atoms with van der Waals surface area (Å²) < 4.78 is 13.0. The van der Waals surface area contributed by atoms with E-state index in [0.717, 1.165) is 11.1 Å². The molecule has 2 aliphatic heterocycles. The van der Waals surface area contributed by atoms with Crippen LogP contribution in [-0.4, -0.2) is 34.6 Å². The normalized spacial score (nSPS) is 18.4. The van der Waals surface area contributed by atoms with Crippen molar-refractivity contribution in [2.75, 3.05) is 0 Å². The lowest BCUT2D eigenvalue weighted by molar-refractivity contribution is -0.136. The molecule has 2 aromatic carbocycles. The number of rotatable bonds is 4. The van der Waals surface area contributed by atoms with Gasteiger partial charge in [0.05, 0.1) is 0 Å². The molecule has 29 heavy (non-hydrogen) atoms. The summed E-state index contributed by atoms with van der Waals surface area (Å²) in [6.45, 7) is 0.429. The lowest BCUT2D eigenvalue weighted by Crippen LogP contribution is -2.52. The van der Waals surface area contributed by atoms with Crippen LogP contribution in [-0.2, 0) is 22.7 Å². The van der Waals surface area contributed by atoms with Crippen LogP contribution in [0.25, 0.3) is 0 Å². The molecule has 0 bridgehead atoms. The van der Waals surface area contributed by atoms with E-state index in [1.807, 2.05) is 6.07 Å². The number of halogens is 1. The first-order valence-corrected chi connectivity index (χ1v) is 9.23. The second kappa shape index (κ2) is 7.46. The predicted molar refractivity (Wildman–Crippen MR) is 100 cm³/mol. The van der Waals surface area contributed by atoms with Crippen LogP contribution in [0.15, 0.2) is 42.5 Å². The third-order valence-electron chi connectivity index (χ3n) is 5.22. The Kier molecular flexibility index (Phi) is 4.84. The lowest BCUT2D eigenvalue weighted by Gasteiger charge is -2.29. The third kappa shape index (κ3) is 3.61. The van der Waals surface area contributed by atoms with Gasteiger partial charge in [-0.25, -0.2) is 4.39 Å². The van der Waals surface area contributed by atoms with E-state index >= 15 is 0 Å². The van der Waals surface area contributed by atoms with Crippen molar-refractivity contribution in [2.45, 2.75) is 32.0 Å². The predicted octanol–water partition coefficient (Wildman–Crippen LogP) is 1.52. The van der Waals surface area contributed by atoms with Gasteiger partial charge in [-0.3, -0.25) is 24.5 Å². The SMILES string of the molecule is O=C1CCC(N2Cc3c(CNC(=O)c4ccc(F)cc4)cccc3C2=O)C(=O)N1. The van der Waals surface area contributed by atoms with E-state index < -0.39 is 17.8 Å². The fourth-order valence-corrected chi connectivity index (χ4v) is 3.69. The summed E-state index contributed by atoms with van der Waals surface area (Å²) in [5.74, 6) is -1.84. The fourth-order valence-electron chi connectivity index (χ4n) is 3.69. The number of imide groups is 1. The highest BCUT2D eigenvalue weighted by molar-refractivity contribution is 6.05. The minimum atomic E-state index is -0.686. The van der Waals surface area contributed by atoms with Crippen molar-refractivity contribution in [1.82, 2.24) is 15.5 Å². The zero-order valence-corrected chi connectivity index (χ0v) is 15.4. The van der Waals surface area contributed by atoms with Crippen molar-refractivity contribution in [2.24, 2.45) is 0 Å². The van der Waals surface area contributed by atoms with Crippen molar-refractivity contribution in [3.05, 3.63) is 70.5 Å². The Labute approximate surface area is 165 Å². The maximum atomic E-state index is 13.0. The van der Waals surface area contributed by atoms with Crippen LogP contribution in [0.2, 0.25) is 0 Å². The van der Waals surface area contributed by atoms with Gasteiger partial charge in [0, 0.05) is 30.6 Å². The molecule has 0 aliphatic carbocycles. The Morgan fingerprint density at radius 3 is 2.62 bits per heavy atom. The smallest absolute Gasteiger partial charge is 0.255 e. The summed E-state index contributed by atoms with van der Waals surface area (Å²) in [5.41, 5.74) is 2.34. The van der Waals surface area contributed by atoms with Crippen molar-refractivity contribution in [3.63, 3.8) is 0 Å². The minimum absolute atomic E-state index is 0.190. The summed E-state index contributed by atoms with van der Waals surface area (Å²) in [5, 5.41) is 5.05. The van der Waals surface area contributed by atoms with Gasteiger partial charge in [-0.1, -0.05) is 12.1 Å². The zero-order valence-electron chi connectivity index (χ0n) is 15.4. The van der Waals surface area contributed by atoms with E-state index in [2.05, 4.69) is 10.6 Å². The molecule has 2 heterocycles. The largest absolute Gasteiger partial charge is 0.348 e. The van der Waals surface area contributed by atoms with Crippen LogP contribution in [0.3, 0.4) is 0 Å². The first-order chi connectivity index (χ1) is 13.9. The molecule has 0 radical (unpaired) electrons.